The number of hydrogen-bond donors (Lipinski definition) is 2. The molecule has 2 N–H and O–H groups in total. The van der Waals surface area contributed by atoms with Crippen molar-refractivity contribution in [1.82, 2.24) is 15.0 Å². The standard InChI is InChI=1S/C26H27F4N3O2S/c1-15-9-16(2)11-21(10-15)24-20(7-8-23(33-24)26(28,29)30)13-31-25(34)17(3)18-5-6-19(22(27)12-18)14-32-36(4)35/h5-12,17,32H,13-14H2,1-4H3,(H,31,34). The van der Waals surface area contributed by atoms with Crippen molar-refractivity contribution in [3.8, 4) is 11.3 Å². The van der Waals surface area contributed by atoms with E-state index in [1.165, 1.54) is 24.5 Å². The number of hydrogen-bond acceptors (Lipinski definition) is 3. The molecule has 1 heterocycles. The summed E-state index contributed by atoms with van der Waals surface area (Å²) in [6.07, 6.45) is -3.17. The van der Waals surface area contributed by atoms with Crippen LogP contribution in [0.3, 0.4) is 0 Å². The summed E-state index contributed by atoms with van der Waals surface area (Å²) in [6, 6.07) is 12.0. The molecular formula is C26H27F4N3O2S. The van der Waals surface area contributed by atoms with Gasteiger partial charge >= 0.3 is 6.18 Å². The Bertz CT molecular complexity index is 1270. The fourth-order valence-electron chi connectivity index (χ4n) is 3.79. The van der Waals surface area contributed by atoms with E-state index in [-0.39, 0.29) is 18.8 Å². The van der Waals surface area contributed by atoms with Crippen molar-refractivity contribution in [2.75, 3.05) is 6.26 Å². The zero-order chi connectivity index (χ0) is 26.6. The third-order valence-electron chi connectivity index (χ3n) is 5.65. The largest absolute Gasteiger partial charge is 0.433 e. The third kappa shape index (κ3) is 6.98. The van der Waals surface area contributed by atoms with E-state index in [9.17, 15) is 26.6 Å². The highest BCUT2D eigenvalue weighted by atomic mass is 32.2. The summed E-state index contributed by atoms with van der Waals surface area (Å²) in [5.41, 5.74) is 2.57. The fraction of sp³-hybridized carbons (Fsp3) is 0.308. The number of alkyl halides is 3. The lowest BCUT2D eigenvalue weighted by Crippen LogP contribution is -2.28. The Morgan fingerprint density at radius 3 is 2.22 bits per heavy atom. The Morgan fingerprint density at radius 1 is 1.00 bits per heavy atom. The van der Waals surface area contributed by atoms with Gasteiger partial charge in [-0.25, -0.2) is 18.3 Å². The second-order valence-corrected chi connectivity index (χ2v) is 9.84. The Morgan fingerprint density at radius 2 is 1.64 bits per heavy atom. The van der Waals surface area contributed by atoms with Gasteiger partial charge in [-0.2, -0.15) is 13.2 Å². The number of nitrogens with zero attached hydrogens (tertiary/aromatic N) is 1. The lowest BCUT2D eigenvalue weighted by Gasteiger charge is -2.17. The van der Waals surface area contributed by atoms with Gasteiger partial charge in [-0.15, -0.1) is 0 Å². The molecule has 1 amide bonds. The van der Waals surface area contributed by atoms with E-state index >= 15 is 0 Å². The van der Waals surface area contributed by atoms with Gasteiger partial charge in [0, 0.05) is 30.5 Å². The van der Waals surface area contributed by atoms with E-state index in [0.29, 0.717) is 22.3 Å². The van der Waals surface area contributed by atoms with Gasteiger partial charge in [0.05, 0.1) is 22.6 Å². The van der Waals surface area contributed by atoms with Crippen LogP contribution in [0.2, 0.25) is 0 Å². The van der Waals surface area contributed by atoms with Gasteiger partial charge in [-0.3, -0.25) is 4.79 Å². The van der Waals surface area contributed by atoms with E-state index in [1.54, 1.807) is 25.1 Å². The molecule has 3 aromatic rings. The number of benzene rings is 2. The molecule has 192 valence electrons. The zero-order valence-electron chi connectivity index (χ0n) is 20.3. The molecule has 0 aliphatic heterocycles. The van der Waals surface area contributed by atoms with Crippen molar-refractivity contribution < 1.29 is 26.6 Å². The van der Waals surface area contributed by atoms with Crippen molar-refractivity contribution >= 4 is 16.9 Å². The number of aromatic nitrogens is 1. The average Bonchev–Trinajstić information content (AvgIpc) is 2.79. The topological polar surface area (TPSA) is 71.1 Å². The summed E-state index contributed by atoms with van der Waals surface area (Å²) in [6.45, 7) is 5.32. The molecule has 2 unspecified atom stereocenters. The molecule has 0 aliphatic carbocycles. The number of amides is 1. The first-order valence-electron chi connectivity index (χ1n) is 11.1. The Balaban J connectivity index is 1.82. The number of nitrogens with one attached hydrogen (secondary N) is 2. The number of carbonyl (C=O) groups excluding carboxylic acids is 1. The first-order chi connectivity index (χ1) is 16.8. The van der Waals surface area contributed by atoms with E-state index in [2.05, 4.69) is 15.0 Å². The minimum Gasteiger partial charge on any atom is -0.351 e. The highest BCUT2D eigenvalue weighted by Crippen LogP contribution is 2.32. The lowest BCUT2D eigenvalue weighted by molar-refractivity contribution is -0.141. The molecule has 0 spiro atoms. The van der Waals surface area contributed by atoms with Crippen LogP contribution in [0.1, 0.15) is 46.4 Å². The van der Waals surface area contributed by atoms with Gasteiger partial charge < -0.3 is 5.32 Å². The molecule has 0 aliphatic rings. The predicted octanol–water partition coefficient (Wildman–Crippen LogP) is 5.33. The summed E-state index contributed by atoms with van der Waals surface area (Å²) < 4.78 is 68.3. The van der Waals surface area contributed by atoms with Crippen LogP contribution in [0.5, 0.6) is 0 Å². The first kappa shape index (κ1) is 27.5. The van der Waals surface area contributed by atoms with E-state index in [1.807, 2.05) is 19.9 Å². The quantitative estimate of drug-likeness (QED) is 0.394. The Hall–Kier alpha value is -3.11. The monoisotopic (exact) mass is 521 g/mol. The number of rotatable bonds is 8. The zero-order valence-corrected chi connectivity index (χ0v) is 21.1. The van der Waals surface area contributed by atoms with E-state index in [0.717, 1.165) is 17.2 Å². The molecule has 0 saturated heterocycles. The van der Waals surface area contributed by atoms with Crippen LogP contribution in [0.25, 0.3) is 11.3 Å². The second kappa shape index (κ2) is 11.3. The minimum absolute atomic E-state index is 0.0521. The Kier molecular flexibility index (Phi) is 8.63. The minimum atomic E-state index is -4.61. The van der Waals surface area contributed by atoms with Gasteiger partial charge in [0.15, 0.2) is 0 Å². The second-order valence-electron chi connectivity index (χ2n) is 8.64. The number of pyridine rings is 1. The van der Waals surface area contributed by atoms with Crippen LogP contribution in [-0.4, -0.2) is 21.4 Å². The van der Waals surface area contributed by atoms with Crippen LogP contribution >= 0.6 is 0 Å². The van der Waals surface area contributed by atoms with Crippen LogP contribution in [-0.2, 0) is 35.0 Å². The molecule has 1 aromatic heterocycles. The molecule has 0 radical (unpaired) electrons. The summed E-state index contributed by atoms with van der Waals surface area (Å²) in [5, 5.41) is 2.73. The fourth-order valence-corrected chi connectivity index (χ4v) is 4.15. The van der Waals surface area contributed by atoms with Gasteiger partial charge in [0.1, 0.15) is 11.5 Å². The van der Waals surface area contributed by atoms with Crippen LogP contribution in [0.4, 0.5) is 17.6 Å². The molecule has 0 fully saturated rings. The van der Waals surface area contributed by atoms with Crippen molar-refractivity contribution in [2.24, 2.45) is 0 Å². The van der Waals surface area contributed by atoms with Crippen molar-refractivity contribution in [1.29, 1.82) is 0 Å². The third-order valence-corrected chi connectivity index (χ3v) is 6.20. The van der Waals surface area contributed by atoms with Crippen LogP contribution in [0.15, 0.2) is 48.5 Å². The molecule has 2 aromatic carbocycles. The molecule has 2 atom stereocenters. The van der Waals surface area contributed by atoms with Gasteiger partial charge in [0.2, 0.25) is 5.91 Å². The van der Waals surface area contributed by atoms with Crippen LogP contribution in [0, 0.1) is 19.7 Å². The molecule has 3 rings (SSSR count). The smallest absolute Gasteiger partial charge is 0.351 e. The summed E-state index contributed by atoms with van der Waals surface area (Å²) in [4.78, 5) is 16.7. The van der Waals surface area contributed by atoms with Crippen molar-refractivity contribution in [3.63, 3.8) is 0 Å². The predicted molar refractivity (Wildman–Crippen MR) is 132 cm³/mol. The van der Waals surface area contributed by atoms with Crippen molar-refractivity contribution in [2.45, 2.75) is 46.0 Å². The van der Waals surface area contributed by atoms with Gasteiger partial charge in [-0.05, 0) is 56.2 Å². The van der Waals surface area contributed by atoms with Crippen LogP contribution < -0.4 is 10.0 Å². The number of aryl methyl sites for hydroxylation is 2. The normalized spacial score (nSPS) is 13.3. The van der Waals surface area contributed by atoms with Gasteiger partial charge in [0.25, 0.3) is 0 Å². The molecule has 10 heteroatoms. The molecule has 0 bridgehead atoms. The maximum Gasteiger partial charge on any atom is 0.433 e. The maximum absolute atomic E-state index is 14.4. The lowest BCUT2D eigenvalue weighted by atomic mass is 9.98. The summed E-state index contributed by atoms with van der Waals surface area (Å²) >= 11 is 0. The molecule has 5 nitrogen and oxygen atoms in total. The molecular weight excluding hydrogens is 494 g/mol. The Labute approximate surface area is 209 Å². The molecule has 36 heavy (non-hydrogen) atoms. The SMILES string of the molecule is Cc1cc(C)cc(-c2nc(C(F)(F)F)ccc2CNC(=O)C(C)c2ccc(CNS(C)=O)c(F)c2)c1. The van der Waals surface area contributed by atoms with Gasteiger partial charge in [-0.1, -0.05) is 35.4 Å². The average molecular weight is 522 g/mol. The maximum atomic E-state index is 14.4. The molecule has 0 saturated carbocycles. The highest BCUT2D eigenvalue weighted by molar-refractivity contribution is 7.82. The van der Waals surface area contributed by atoms with E-state index < -0.39 is 40.5 Å². The highest BCUT2D eigenvalue weighted by Gasteiger charge is 2.33. The van der Waals surface area contributed by atoms with E-state index in [4.69, 9.17) is 0 Å². The first-order valence-corrected chi connectivity index (χ1v) is 12.7. The number of halogens is 4. The van der Waals surface area contributed by atoms with Crippen molar-refractivity contribution in [3.05, 3.63) is 87.9 Å². The summed E-state index contributed by atoms with van der Waals surface area (Å²) in [5.74, 6) is -1.66. The summed E-state index contributed by atoms with van der Waals surface area (Å²) in [7, 11) is -1.29. The number of carbonyl (C=O) groups is 1.